The first-order valence-electron chi connectivity index (χ1n) is 5.60. The molecule has 1 amide bonds. The van der Waals surface area contributed by atoms with Crippen LogP contribution in [0.1, 0.15) is 15.4 Å². The molecule has 0 aliphatic heterocycles. The summed E-state index contributed by atoms with van der Waals surface area (Å²) in [4.78, 5) is 16.2. The quantitative estimate of drug-likeness (QED) is 0.934. The highest BCUT2D eigenvalue weighted by Crippen LogP contribution is 2.26. The summed E-state index contributed by atoms with van der Waals surface area (Å²) >= 11 is 1.42. The minimum absolute atomic E-state index is 0.233. The maximum Gasteiger partial charge on any atom is 0.260 e. The Balaban J connectivity index is 2.23. The number of hydrogen-bond acceptors (Lipinski definition) is 5. The van der Waals surface area contributed by atoms with E-state index in [-0.39, 0.29) is 5.91 Å². The van der Waals surface area contributed by atoms with Crippen molar-refractivity contribution in [1.82, 2.24) is 4.98 Å². The fourth-order valence-corrected chi connectivity index (χ4v) is 2.26. The van der Waals surface area contributed by atoms with E-state index < -0.39 is 0 Å². The van der Waals surface area contributed by atoms with Crippen LogP contribution in [0.5, 0.6) is 11.5 Å². The average molecular weight is 278 g/mol. The van der Waals surface area contributed by atoms with Crippen LogP contribution < -0.4 is 14.8 Å². The first kappa shape index (κ1) is 13.4. The number of aromatic nitrogens is 1. The number of carbonyl (C=O) groups is 1. The number of nitrogens with one attached hydrogen (secondary N) is 1. The number of anilines is 1. The highest BCUT2D eigenvalue weighted by Gasteiger charge is 2.14. The van der Waals surface area contributed by atoms with Crippen molar-refractivity contribution in [2.24, 2.45) is 0 Å². The van der Waals surface area contributed by atoms with Crippen molar-refractivity contribution in [2.45, 2.75) is 6.92 Å². The molecule has 1 aromatic heterocycles. The van der Waals surface area contributed by atoms with Gasteiger partial charge in [-0.15, -0.1) is 11.3 Å². The van der Waals surface area contributed by atoms with Crippen molar-refractivity contribution in [3.8, 4) is 11.5 Å². The summed E-state index contributed by atoms with van der Waals surface area (Å²) in [5.41, 5.74) is 0.453. The zero-order valence-corrected chi connectivity index (χ0v) is 11.7. The van der Waals surface area contributed by atoms with Crippen molar-refractivity contribution in [1.29, 1.82) is 0 Å². The molecular formula is C13H14N2O3S. The van der Waals surface area contributed by atoms with Crippen molar-refractivity contribution in [3.05, 3.63) is 35.0 Å². The second-order valence-corrected chi connectivity index (χ2v) is 5.00. The van der Waals surface area contributed by atoms with Crippen molar-refractivity contribution in [2.75, 3.05) is 19.5 Å². The van der Waals surface area contributed by atoms with Crippen LogP contribution in [0, 0.1) is 6.92 Å². The zero-order chi connectivity index (χ0) is 13.8. The third-order valence-corrected chi connectivity index (χ3v) is 3.34. The normalized spacial score (nSPS) is 10.1. The second-order valence-electron chi connectivity index (χ2n) is 3.76. The number of carbonyl (C=O) groups excluding carboxylic acids is 1. The molecule has 0 atom stereocenters. The molecule has 2 rings (SSSR count). The van der Waals surface area contributed by atoms with E-state index in [1.54, 1.807) is 31.5 Å². The molecule has 0 aliphatic carbocycles. The van der Waals surface area contributed by atoms with Crippen LogP contribution >= 0.6 is 11.3 Å². The van der Waals surface area contributed by atoms with Crippen LogP contribution in [0.3, 0.4) is 0 Å². The molecule has 0 saturated heterocycles. The Morgan fingerprint density at radius 1 is 1.32 bits per heavy atom. The van der Waals surface area contributed by atoms with Crippen molar-refractivity contribution < 1.29 is 14.3 Å². The molecule has 0 aliphatic rings. The highest BCUT2D eigenvalue weighted by molar-refractivity contribution is 7.15. The smallest absolute Gasteiger partial charge is 0.260 e. The van der Waals surface area contributed by atoms with Gasteiger partial charge < -0.3 is 14.8 Å². The maximum absolute atomic E-state index is 12.1. The van der Waals surface area contributed by atoms with Gasteiger partial charge in [0, 0.05) is 6.07 Å². The van der Waals surface area contributed by atoms with Gasteiger partial charge in [0.15, 0.2) is 0 Å². The van der Waals surface area contributed by atoms with Crippen LogP contribution in [0.2, 0.25) is 0 Å². The number of nitrogens with zero attached hydrogens (tertiary/aromatic N) is 1. The average Bonchev–Trinajstić information content (AvgIpc) is 2.83. The molecule has 0 radical (unpaired) electrons. The lowest BCUT2D eigenvalue weighted by Gasteiger charge is -2.09. The van der Waals surface area contributed by atoms with Gasteiger partial charge in [0.1, 0.15) is 16.5 Å². The van der Waals surface area contributed by atoms with E-state index in [0.29, 0.717) is 22.1 Å². The predicted molar refractivity (Wildman–Crippen MR) is 74.4 cm³/mol. The van der Waals surface area contributed by atoms with E-state index in [4.69, 9.17) is 9.47 Å². The topological polar surface area (TPSA) is 60.5 Å². The maximum atomic E-state index is 12.1. The predicted octanol–water partition coefficient (Wildman–Crippen LogP) is 2.72. The van der Waals surface area contributed by atoms with Gasteiger partial charge in [-0.2, -0.15) is 0 Å². The fraction of sp³-hybridized carbons (Fsp3) is 0.231. The third-order valence-electron chi connectivity index (χ3n) is 2.51. The van der Waals surface area contributed by atoms with Gasteiger partial charge in [-0.25, -0.2) is 4.98 Å². The molecule has 6 heteroatoms. The highest BCUT2D eigenvalue weighted by atomic mass is 32.1. The second kappa shape index (κ2) is 5.71. The summed E-state index contributed by atoms with van der Waals surface area (Å²) in [6.45, 7) is 1.88. The van der Waals surface area contributed by atoms with Gasteiger partial charge in [0.05, 0.1) is 31.0 Å². The first-order valence-corrected chi connectivity index (χ1v) is 6.41. The van der Waals surface area contributed by atoms with E-state index in [9.17, 15) is 4.79 Å². The van der Waals surface area contributed by atoms with Crippen LogP contribution in [0.4, 0.5) is 5.00 Å². The van der Waals surface area contributed by atoms with Gasteiger partial charge in [0.2, 0.25) is 0 Å². The number of thiazole rings is 1. The SMILES string of the molecule is COc1ccc(C(=O)Nc2cnc(C)s2)c(OC)c1. The lowest BCUT2D eigenvalue weighted by atomic mass is 10.2. The number of ether oxygens (including phenoxy) is 2. The van der Waals surface area contributed by atoms with Gasteiger partial charge in [0.25, 0.3) is 5.91 Å². The number of amides is 1. The van der Waals surface area contributed by atoms with Crippen LogP contribution in [0.15, 0.2) is 24.4 Å². The number of rotatable bonds is 4. The largest absolute Gasteiger partial charge is 0.497 e. The lowest BCUT2D eigenvalue weighted by Crippen LogP contribution is -2.12. The lowest BCUT2D eigenvalue weighted by molar-refractivity contribution is 0.102. The molecular weight excluding hydrogens is 264 g/mol. The first-order chi connectivity index (χ1) is 9.13. The van der Waals surface area contributed by atoms with Crippen molar-refractivity contribution in [3.63, 3.8) is 0 Å². The Morgan fingerprint density at radius 2 is 2.11 bits per heavy atom. The van der Waals surface area contributed by atoms with E-state index in [0.717, 1.165) is 5.01 Å². The Labute approximate surface area is 115 Å². The minimum Gasteiger partial charge on any atom is -0.497 e. The van der Waals surface area contributed by atoms with E-state index in [1.165, 1.54) is 18.4 Å². The van der Waals surface area contributed by atoms with Gasteiger partial charge in [-0.05, 0) is 19.1 Å². The molecule has 0 unspecified atom stereocenters. The number of methoxy groups -OCH3 is 2. The Kier molecular flexibility index (Phi) is 4.01. The van der Waals surface area contributed by atoms with Crippen LogP contribution in [-0.2, 0) is 0 Å². The number of hydrogen-bond donors (Lipinski definition) is 1. The van der Waals surface area contributed by atoms with Gasteiger partial charge >= 0.3 is 0 Å². The van der Waals surface area contributed by atoms with Gasteiger partial charge in [-0.3, -0.25) is 4.79 Å². The van der Waals surface area contributed by atoms with Crippen LogP contribution in [0.25, 0.3) is 0 Å². The van der Waals surface area contributed by atoms with Crippen molar-refractivity contribution >= 4 is 22.2 Å². The molecule has 0 saturated carbocycles. The number of aryl methyl sites for hydroxylation is 1. The summed E-state index contributed by atoms with van der Waals surface area (Å²) in [7, 11) is 3.08. The zero-order valence-electron chi connectivity index (χ0n) is 10.9. The molecule has 2 aromatic rings. The van der Waals surface area contributed by atoms with E-state index >= 15 is 0 Å². The molecule has 1 heterocycles. The Bertz CT molecular complexity index is 595. The van der Waals surface area contributed by atoms with Crippen LogP contribution in [-0.4, -0.2) is 25.1 Å². The minimum atomic E-state index is -0.233. The molecule has 0 fully saturated rings. The van der Waals surface area contributed by atoms with Gasteiger partial charge in [-0.1, -0.05) is 0 Å². The van der Waals surface area contributed by atoms with E-state index in [2.05, 4.69) is 10.3 Å². The summed E-state index contributed by atoms with van der Waals surface area (Å²) in [6.07, 6.45) is 1.63. The standard InChI is InChI=1S/C13H14N2O3S/c1-8-14-7-12(19-8)15-13(16)10-5-4-9(17-2)6-11(10)18-3/h4-7H,1-3H3,(H,15,16). The summed E-state index contributed by atoms with van der Waals surface area (Å²) in [5, 5.41) is 4.40. The molecule has 5 nitrogen and oxygen atoms in total. The monoisotopic (exact) mass is 278 g/mol. The molecule has 0 spiro atoms. The molecule has 100 valence electrons. The fourth-order valence-electron chi connectivity index (χ4n) is 1.58. The number of benzene rings is 1. The Hall–Kier alpha value is -2.08. The van der Waals surface area contributed by atoms with E-state index in [1.807, 2.05) is 6.92 Å². The Morgan fingerprint density at radius 3 is 2.68 bits per heavy atom. The third kappa shape index (κ3) is 3.03. The molecule has 0 bridgehead atoms. The molecule has 19 heavy (non-hydrogen) atoms. The molecule has 1 aromatic carbocycles. The molecule has 1 N–H and O–H groups in total. The summed E-state index contributed by atoms with van der Waals surface area (Å²) < 4.78 is 10.3. The summed E-state index contributed by atoms with van der Waals surface area (Å²) in [5.74, 6) is 0.878. The summed E-state index contributed by atoms with van der Waals surface area (Å²) in [6, 6.07) is 5.06.